The molecule has 6 nitrogen and oxygen atoms in total. The Morgan fingerprint density at radius 3 is 2.76 bits per heavy atom. The predicted molar refractivity (Wildman–Crippen MR) is 92.9 cm³/mol. The average Bonchev–Trinajstić information content (AvgIpc) is 3.02. The quantitative estimate of drug-likeness (QED) is 0.824. The van der Waals surface area contributed by atoms with E-state index in [0.717, 1.165) is 25.2 Å². The van der Waals surface area contributed by atoms with Crippen molar-refractivity contribution < 1.29 is 19.1 Å². The summed E-state index contributed by atoms with van der Waals surface area (Å²) in [6.07, 6.45) is 2.52. The number of hydrogen-bond donors (Lipinski definition) is 0. The van der Waals surface area contributed by atoms with E-state index >= 15 is 0 Å². The maximum Gasteiger partial charge on any atom is 0.228 e. The molecule has 0 aromatic heterocycles. The molecule has 1 aromatic rings. The highest BCUT2D eigenvalue weighted by molar-refractivity contribution is 6.00. The van der Waals surface area contributed by atoms with Crippen molar-refractivity contribution in [1.29, 1.82) is 0 Å². The third-order valence-electron chi connectivity index (χ3n) is 5.28. The number of anilines is 1. The molecule has 2 amide bonds. The Hall–Kier alpha value is -2.24. The third kappa shape index (κ3) is 3.17. The van der Waals surface area contributed by atoms with Gasteiger partial charge in [0.15, 0.2) is 11.5 Å². The number of nitrogens with zero attached hydrogens (tertiary/aromatic N) is 2. The van der Waals surface area contributed by atoms with Crippen molar-refractivity contribution in [1.82, 2.24) is 4.90 Å². The van der Waals surface area contributed by atoms with E-state index < -0.39 is 0 Å². The molecule has 0 saturated carbocycles. The molecular weight excluding hydrogens is 320 g/mol. The SMILES string of the molecule is CC1CCCN(C(=O)C2CC(=O)N(c3ccc4c(c3)OCCO4)C2)C1. The van der Waals surface area contributed by atoms with Gasteiger partial charge in [-0.1, -0.05) is 6.92 Å². The van der Waals surface area contributed by atoms with Gasteiger partial charge in [-0.05, 0) is 30.9 Å². The number of likely N-dealkylation sites (tertiary alicyclic amines) is 1. The van der Waals surface area contributed by atoms with E-state index in [0.29, 0.717) is 37.2 Å². The maximum absolute atomic E-state index is 12.8. The molecule has 134 valence electrons. The summed E-state index contributed by atoms with van der Waals surface area (Å²) >= 11 is 0. The van der Waals surface area contributed by atoms with Crippen LogP contribution in [0.1, 0.15) is 26.2 Å². The second-order valence-electron chi connectivity index (χ2n) is 7.27. The zero-order chi connectivity index (χ0) is 17.4. The largest absolute Gasteiger partial charge is 0.486 e. The fourth-order valence-electron chi connectivity index (χ4n) is 3.97. The highest BCUT2D eigenvalue weighted by Crippen LogP contribution is 2.36. The summed E-state index contributed by atoms with van der Waals surface area (Å²) in [4.78, 5) is 28.9. The second-order valence-corrected chi connectivity index (χ2v) is 7.27. The topological polar surface area (TPSA) is 59.1 Å². The van der Waals surface area contributed by atoms with Crippen LogP contribution in [0.25, 0.3) is 0 Å². The maximum atomic E-state index is 12.8. The lowest BCUT2D eigenvalue weighted by molar-refractivity contribution is -0.137. The van der Waals surface area contributed by atoms with Gasteiger partial charge in [0.05, 0.1) is 5.92 Å². The number of hydrogen-bond acceptors (Lipinski definition) is 4. The molecule has 3 aliphatic heterocycles. The molecule has 2 fully saturated rings. The smallest absolute Gasteiger partial charge is 0.228 e. The minimum atomic E-state index is -0.244. The van der Waals surface area contributed by atoms with Crippen molar-refractivity contribution in [2.45, 2.75) is 26.2 Å². The van der Waals surface area contributed by atoms with Crippen molar-refractivity contribution >= 4 is 17.5 Å². The Morgan fingerprint density at radius 1 is 1.16 bits per heavy atom. The monoisotopic (exact) mass is 344 g/mol. The van der Waals surface area contributed by atoms with Crippen molar-refractivity contribution in [3.8, 4) is 11.5 Å². The van der Waals surface area contributed by atoms with E-state index in [-0.39, 0.29) is 24.2 Å². The van der Waals surface area contributed by atoms with Gasteiger partial charge in [-0.15, -0.1) is 0 Å². The average molecular weight is 344 g/mol. The Morgan fingerprint density at radius 2 is 1.96 bits per heavy atom. The van der Waals surface area contributed by atoms with Crippen LogP contribution in [0.3, 0.4) is 0 Å². The molecule has 2 unspecified atom stereocenters. The Kier molecular flexibility index (Phi) is 4.27. The molecule has 6 heteroatoms. The summed E-state index contributed by atoms with van der Waals surface area (Å²) in [6.45, 7) is 5.31. The standard InChI is InChI=1S/C19H24N2O4/c1-13-3-2-6-20(11-13)19(23)14-9-18(22)21(12-14)15-4-5-16-17(10-15)25-8-7-24-16/h4-5,10,13-14H,2-3,6-9,11-12H2,1H3. The van der Waals surface area contributed by atoms with Crippen LogP contribution >= 0.6 is 0 Å². The summed E-state index contributed by atoms with van der Waals surface area (Å²) in [5, 5.41) is 0. The van der Waals surface area contributed by atoms with Gasteiger partial charge in [-0.3, -0.25) is 9.59 Å². The number of fused-ring (bicyclic) bond motifs is 1. The molecule has 4 rings (SSSR count). The van der Waals surface area contributed by atoms with Crippen LogP contribution in [0.2, 0.25) is 0 Å². The fraction of sp³-hybridized carbons (Fsp3) is 0.579. The van der Waals surface area contributed by atoms with Crippen molar-refractivity contribution in [2.24, 2.45) is 11.8 Å². The number of carbonyl (C=O) groups excluding carboxylic acids is 2. The molecule has 2 saturated heterocycles. The number of piperidine rings is 1. The van der Waals surface area contributed by atoms with Gasteiger partial charge in [0.1, 0.15) is 13.2 Å². The molecule has 1 aromatic carbocycles. The van der Waals surface area contributed by atoms with Crippen LogP contribution in [-0.2, 0) is 9.59 Å². The zero-order valence-electron chi connectivity index (χ0n) is 14.6. The van der Waals surface area contributed by atoms with Crippen LogP contribution in [0.5, 0.6) is 11.5 Å². The summed E-state index contributed by atoms with van der Waals surface area (Å²) in [7, 11) is 0. The Bertz CT molecular complexity index is 690. The highest BCUT2D eigenvalue weighted by atomic mass is 16.6. The van der Waals surface area contributed by atoms with Crippen LogP contribution < -0.4 is 14.4 Å². The number of amides is 2. The summed E-state index contributed by atoms with van der Waals surface area (Å²) in [5.41, 5.74) is 0.775. The highest BCUT2D eigenvalue weighted by Gasteiger charge is 2.38. The number of carbonyl (C=O) groups is 2. The van der Waals surface area contributed by atoms with Gasteiger partial charge >= 0.3 is 0 Å². The van der Waals surface area contributed by atoms with Gasteiger partial charge in [0, 0.05) is 37.8 Å². The first kappa shape index (κ1) is 16.2. The van der Waals surface area contributed by atoms with Crippen LogP contribution in [-0.4, -0.2) is 49.6 Å². The number of ether oxygens (including phenoxy) is 2. The Labute approximate surface area is 147 Å². The van der Waals surface area contributed by atoms with Gasteiger partial charge in [-0.25, -0.2) is 0 Å². The van der Waals surface area contributed by atoms with Gasteiger partial charge in [0.2, 0.25) is 11.8 Å². The third-order valence-corrected chi connectivity index (χ3v) is 5.28. The van der Waals surface area contributed by atoms with Crippen LogP contribution in [0.15, 0.2) is 18.2 Å². The minimum absolute atomic E-state index is 0.0000794. The van der Waals surface area contributed by atoms with E-state index in [2.05, 4.69) is 6.92 Å². The molecule has 3 aliphatic rings. The zero-order valence-corrected chi connectivity index (χ0v) is 14.6. The van der Waals surface area contributed by atoms with Crippen molar-refractivity contribution in [2.75, 3.05) is 37.7 Å². The lowest BCUT2D eigenvalue weighted by Gasteiger charge is -2.32. The van der Waals surface area contributed by atoms with Gasteiger partial charge in [-0.2, -0.15) is 0 Å². The van der Waals surface area contributed by atoms with Gasteiger partial charge < -0.3 is 19.3 Å². The molecule has 0 aliphatic carbocycles. The molecular formula is C19H24N2O4. The number of rotatable bonds is 2. The lowest BCUT2D eigenvalue weighted by Crippen LogP contribution is -2.43. The molecule has 2 atom stereocenters. The molecule has 0 spiro atoms. The fourth-order valence-corrected chi connectivity index (χ4v) is 3.97. The Balaban J connectivity index is 1.47. The first-order valence-electron chi connectivity index (χ1n) is 9.10. The lowest BCUT2D eigenvalue weighted by atomic mass is 9.98. The molecule has 25 heavy (non-hydrogen) atoms. The summed E-state index contributed by atoms with van der Waals surface area (Å²) < 4.78 is 11.1. The van der Waals surface area contributed by atoms with Crippen molar-refractivity contribution in [3.05, 3.63) is 18.2 Å². The van der Waals surface area contributed by atoms with E-state index in [4.69, 9.17) is 9.47 Å². The van der Waals surface area contributed by atoms with Crippen LogP contribution in [0, 0.1) is 11.8 Å². The van der Waals surface area contributed by atoms with Crippen LogP contribution in [0.4, 0.5) is 5.69 Å². The first-order valence-corrected chi connectivity index (χ1v) is 9.10. The molecule has 0 N–H and O–H groups in total. The summed E-state index contributed by atoms with van der Waals surface area (Å²) in [5.74, 6) is 1.79. The molecule has 3 heterocycles. The van der Waals surface area contributed by atoms with E-state index in [1.165, 1.54) is 6.42 Å². The van der Waals surface area contributed by atoms with E-state index in [1.54, 1.807) is 4.90 Å². The molecule has 0 bridgehead atoms. The van der Waals surface area contributed by atoms with E-state index in [9.17, 15) is 9.59 Å². The molecule has 0 radical (unpaired) electrons. The van der Waals surface area contributed by atoms with Crippen molar-refractivity contribution in [3.63, 3.8) is 0 Å². The number of benzene rings is 1. The van der Waals surface area contributed by atoms with E-state index in [1.807, 2.05) is 23.1 Å². The summed E-state index contributed by atoms with van der Waals surface area (Å²) in [6, 6.07) is 5.53. The van der Waals surface area contributed by atoms with Gasteiger partial charge in [0.25, 0.3) is 0 Å². The minimum Gasteiger partial charge on any atom is -0.486 e. The predicted octanol–water partition coefficient (Wildman–Crippen LogP) is 2.07. The first-order chi connectivity index (χ1) is 12.1. The second kappa shape index (κ2) is 6.58. The normalized spacial score (nSPS) is 26.0.